The third kappa shape index (κ3) is 2.20. The van der Waals surface area contributed by atoms with Crippen LogP contribution >= 0.6 is 0 Å². The average molecular weight is 246 g/mol. The predicted molar refractivity (Wildman–Crippen MR) is 65.0 cm³/mol. The van der Waals surface area contributed by atoms with Crippen molar-refractivity contribution >= 4 is 6.29 Å². The van der Waals surface area contributed by atoms with Crippen molar-refractivity contribution in [3.8, 4) is 11.3 Å². The molecule has 0 aliphatic carbocycles. The molecular formula is C13H11FN2O2. The summed E-state index contributed by atoms with van der Waals surface area (Å²) in [6.07, 6.45) is 0.503. The van der Waals surface area contributed by atoms with Crippen molar-refractivity contribution in [2.75, 3.05) is 0 Å². The van der Waals surface area contributed by atoms with Crippen molar-refractivity contribution in [3.05, 3.63) is 52.1 Å². The number of benzene rings is 1. The van der Waals surface area contributed by atoms with E-state index < -0.39 is 5.56 Å². The van der Waals surface area contributed by atoms with Gasteiger partial charge in [0.2, 0.25) is 0 Å². The van der Waals surface area contributed by atoms with Gasteiger partial charge in [-0.3, -0.25) is 9.59 Å². The number of nitrogens with zero attached hydrogens (tertiary/aromatic N) is 2. The van der Waals surface area contributed by atoms with E-state index in [1.165, 1.54) is 22.9 Å². The molecule has 1 aromatic carbocycles. The van der Waals surface area contributed by atoms with Crippen LogP contribution in [0.25, 0.3) is 11.3 Å². The van der Waals surface area contributed by atoms with Gasteiger partial charge in [-0.2, -0.15) is 5.10 Å². The van der Waals surface area contributed by atoms with E-state index in [1.807, 2.05) is 0 Å². The minimum absolute atomic E-state index is 0.0474. The molecule has 0 fully saturated rings. The van der Waals surface area contributed by atoms with Gasteiger partial charge in [0.25, 0.3) is 5.56 Å². The van der Waals surface area contributed by atoms with Gasteiger partial charge in [-0.15, -0.1) is 0 Å². The maximum Gasteiger partial charge on any atom is 0.277 e. The Morgan fingerprint density at radius 2 is 2.00 bits per heavy atom. The zero-order valence-electron chi connectivity index (χ0n) is 9.76. The van der Waals surface area contributed by atoms with E-state index in [1.54, 1.807) is 19.1 Å². The molecule has 2 rings (SSSR count). The van der Waals surface area contributed by atoms with Crippen molar-refractivity contribution < 1.29 is 9.18 Å². The molecule has 0 bridgehead atoms. The Hall–Kier alpha value is -2.30. The number of rotatable bonds is 3. The van der Waals surface area contributed by atoms with E-state index in [2.05, 4.69) is 5.10 Å². The van der Waals surface area contributed by atoms with Crippen LogP contribution in [0.4, 0.5) is 4.39 Å². The number of aryl methyl sites for hydroxylation is 1. The first kappa shape index (κ1) is 12.2. The van der Waals surface area contributed by atoms with Crippen LogP contribution in [0.1, 0.15) is 17.3 Å². The van der Waals surface area contributed by atoms with E-state index in [4.69, 9.17) is 0 Å². The molecule has 0 radical (unpaired) electrons. The van der Waals surface area contributed by atoms with Crippen molar-refractivity contribution in [2.24, 2.45) is 0 Å². The van der Waals surface area contributed by atoms with Crippen molar-refractivity contribution in [3.63, 3.8) is 0 Å². The molecule has 4 nitrogen and oxygen atoms in total. The van der Waals surface area contributed by atoms with Gasteiger partial charge in [-0.25, -0.2) is 9.07 Å². The van der Waals surface area contributed by atoms with E-state index >= 15 is 0 Å². The molecule has 1 aromatic heterocycles. The first-order valence-electron chi connectivity index (χ1n) is 5.49. The van der Waals surface area contributed by atoms with Gasteiger partial charge in [-0.05, 0) is 37.3 Å². The standard InChI is InChI=1S/C13H11FN2O2/c1-2-16-13(18)10(8-17)7-12(15-16)9-3-5-11(14)6-4-9/h3-8H,2H2,1H3. The van der Waals surface area contributed by atoms with E-state index in [9.17, 15) is 14.0 Å². The lowest BCUT2D eigenvalue weighted by Gasteiger charge is -2.06. The summed E-state index contributed by atoms with van der Waals surface area (Å²) in [6, 6.07) is 7.13. The van der Waals surface area contributed by atoms with Crippen molar-refractivity contribution in [1.29, 1.82) is 0 Å². The van der Waals surface area contributed by atoms with E-state index in [0.29, 0.717) is 24.1 Å². The Balaban J connectivity index is 2.61. The van der Waals surface area contributed by atoms with Crippen LogP contribution in [0.3, 0.4) is 0 Å². The van der Waals surface area contributed by atoms with Gasteiger partial charge in [0.05, 0.1) is 11.3 Å². The molecule has 0 atom stereocenters. The molecule has 0 saturated carbocycles. The van der Waals surface area contributed by atoms with Crippen LogP contribution in [0, 0.1) is 5.82 Å². The molecule has 18 heavy (non-hydrogen) atoms. The smallest absolute Gasteiger partial charge is 0.277 e. The lowest BCUT2D eigenvalue weighted by molar-refractivity contribution is 0.112. The minimum atomic E-state index is -0.418. The largest absolute Gasteiger partial charge is 0.298 e. The maximum absolute atomic E-state index is 12.8. The molecule has 1 heterocycles. The molecule has 5 heteroatoms. The zero-order chi connectivity index (χ0) is 13.1. The normalized spacial score (nSPS) is 10.3. The molecule has 0 saturated heterocycles. The Labute approximate surface area is 103 Å². The molecule has 0 amide bonds. The Morgan fingerprint density at radius 3 is 2.56 bits per heavy atom. The highest BCUT2D eigenvalue weighted by atomic mass is 19.1. The predicted octanol–water partition coefficient (Wildman–Crippen LogP) is 1.88. The maximum atomic E-state index is 12.8. The van der Waals surface area contributed by atoms with Crippen LogP contribution < -0.4 is 5.56 Å². The van der Waals surface area contributed by atoms with Gasteiger partial charge < -0.3 is 0 Å². The molecule has 0 spiro atoms. The number of hydrogen-bond acceptors (Lipinski definition) is 3. The second kappa shape index (κ2) is 4.91. The number of carbonyl (C=O) groups is 1. The Bertz CT molecular complexity index is 632. The quantitative estimate of drug-likeness (QED) is 0.777. The lowest BCUT2D eigenvalue weighted by atomic mass is 10.1. The first-order chi connectivity index (χ1) is 8.65. The molecule has 0 unspecified atom stereocenters. The molecule has 0 aliphatic heterocycles. The van der Waals surface area contributed by atoms with Gasteiger partial charge in [0.1, 0.15) is 5.82 Å². The lowest BCUT2D eigenvalue weighted by Crippen LogP contribution is -2.25. The van der Waals surface area contributed by atoms with Gasteiger partial charge in [0, 0.05) is 12.1 Å². The Kier molecular flexibility index (Phi) is 3.32. The summed E-state index contributed by atoms with van der Waals surface area (Å²) in [4.78, 5) is 22.5. The van der Waals surface area contributed by atoms with Gasteiger partial charge in [-0.1, -0.05) is 0 Å². The molecular weight excluding hydrogens is 235 g/mol. The fourth-order valence-electron chi connectivity index (χ4n) is 1.62. The van der Waals surface area contributed by atoms with Crippen LogP contribution in [-0.2, 0) is 6.54 Å². The van der Waals surface area contributed by atoms with Gasteiger partial charge in [0.15, 0.2) is 6.29 Å². The SMILES string of the molecule is CCn1nc(-c2ccc(F)cc2)cc(C=O)c1=O. The molecule has 0 N–H and O–H groups in total. The monoisotopic (exact) mass is 246 g/mol. The number of aldehydes is 1. The number of halogens is 1. The number of hydrogen-bond donors (Lipinski definition) is 0. The summed E-state index contributed by atoms with van der Waals surface area (Å²) in [7, 11) is 0. The van der Waals surface area contributed by atoms with Crippen LogP contribution in [-0.4, -0.2) is 16.1 Å². The van der Waals surface area contributed by atoms with Crippen molar-refractivity contribution in [2.45, 2.75) is 13.5 Å². The van der Waals surface area contributed by atoms with Crippen LogP contribution in [0.2, 0.25) is 0 Å². The average Bonchev–Trinajstić information content (AvgIpc) is 2.40. The second-order valence-corrected chi connectivity index (χ2v) is 3.73. The molecule has 2 aromatic rings. The fourth-order valence-corrected chi connectivity index (χ4v) is 1.62. The summed E-state index contributed by atoms with van der Waals surface area (Å²) in [6.45, 7) is 2.13. The highest BCUT2D eigenvalue weighted by Crippen LogP contribution is 2.16. The number of carbonyl (C=O) groups excluding carboxylic acids is 1. The summed E-state index contributed by atoms with van der Waals surface area (Å²) in [5.74, 6) is -0.349. The highest BCUT2D eigenvalue weighted by molar-refractivity contribution is 5.76. The summed E-state index contributed by atoms with van der Waals surface area (Å²) >= 11 is 0. The zero-order valence-corrected chi connectivity index (χ0v) is 9.76. The van der Waals surface area contributed by atoms with Gasteiger partial charge >= 0.3 is 0 Å². The molecule has 0 aliphatic rings. The third-order valence-corrected chi connectivity index (χ3v) is 2.57. The second-order valence-electron chi connectivity index (χ2n) is 3.73. The highest BCUT2D eigenvalue weighted by Gasteiger charge is 2.08. The summed E-state index contributed by atoms with van der Waals surface area (Å²) in [5.41, 5.74) is 0.754. The fraction of sp³-hybridized carbons (Fsp3) is 0.154. The Morgan fingerprint density at radius 1 is 1.33 bits per heavy atom. The van der Waals surface area contributed by atoms with Crippen molar-refractivity contribution in [1.82, 2.24) is 9.78 Å². The van der Waals surface area contributed by atoms with Crippen LogP contribution in [0.5, 0.6) is 0 Å². The summed E-state index contributed by atoms with van der Waals surface area (Å²) in [5, 5.41) is 4.12. The van der Waals surface area contributed by atoms with E-state index in [-0.39, 0.29) is 11.4 Å². The first-order valence-corrected chi connectivity index (χ1v) is 5.49. The number of aromatic nitrogens is 2. The third-order valence-electron chi connectivity index (χ3n) is 2.57. The van der Waals surface area contributed by atoms with E-state index in [0.717, 1.165) is 0 Å². The molecule has 92 valence electrons. The minimum Gasteiger partial charge on any atom is -0.298 e. The topological polar surface area (TPSA) is 52.0 Å². The summed E-state index contributed by atoms with van der Waals surface area (Å²) < 4.78 is 14.0. The van der Waals surface area contributed by atoms with Crippen LogP contribution in [0.15, 0.2) is 35.1 Å².